The molecule has 0 saturated heterocycles. The van der Waals surface area contributed by atoms with Crippen molar-refractivity contribution in [2.75, 3.05) is 0 Å². The molecule has 3 heteroatoms. The lowest BCUT2D eigenvalue weighted by molar-refractivity contribution is 0.368. The molecule has 3 nitrogen and oxygen atoms in total. The monoisotopic (exact) mass is 180 g/mol. The standard InChI is InChI=1S/C10H16N2O/c1-7-6-8(2)12(9(13)11-7)10(3,4)5/h6H,1-5H3. The van der Waals surface area contributed by atoms with Crippen molar-refractivity contribution in [2.45, 2.75) is 40.2 Å². The van der Waals surface area contributed by atoms with E-state index in [-0.39, 0.29) is 11.2 Å². The number of rotatable bonds is 0. The Balaban J connectivity index is 3.47. The third-order valence-electron chi connectivity index (χ3n) is 1.90. The van der Waals surface area contributed by atoms with Gasteiger partial charge in [0.15, 0.2) is 0 Å². The van der Waals surface area contributed by atoms with E-state index in [0.717, 1.165) is 11.4 Å². The summed E-state index contributed by atoms with van der Waals surface area (Å²) >= 11 is 0. The van der Waals surface area contributed by atoms with E-state index in [4.69, 9.17) is 0 Å². The highest BCUT2D eigenvalue weighted by Gasteiger charge is 2.17. The summed E-state index contributed by atoms with van der Waals surface area (Å²) in [6.07, 6.45) is 0. The van der Waals surface area contributed by atoms with Crippen molar-refractivity contribution < 1.29 is 0 Å². The van der Waals surface area contributed by atoms with Crippen LogP contribution in [-0.2, 0) is 5.54 Å². The first-order valence-electron chi connectivity index (χ1n) is 4.40. The second-order valence-electron chi connectivity index (χ2n) is 4.33. The fourth-order valence-electron chi connectivity index (χ4n) is 1.57. The van der Waals surface area contributed by atoms with Gasteiger partial charge >= 0.3 is 5.69 Å². The highest BCUT2D eigenvalue weighted by atomic mass is 16.1. The van der Waals surface area contributed by atoms with Gasteiger partial charge in [-0.1, -0.05) is 0 Å². The summed E-state index contributed by atoms with van der Waals surface area (Å²) in [4.78, 5) is 15.5. The summed E-state index contributed by atoms with van der Waals surface area (Å²) in [5.41, 5.74) is 1.39. The third-order valence-corrected chi connectivity index (χ3v) is 1.90. The van der Waals surface area contributed by atoms with E-state index in [9.17, 15) is 4.79 Å². The second kappa shape index (κ2) is 2.98. The fourth-order valence-corrected chi connectivity index (χ4v) is 1.57. The van der Waals surface area contributed by atoms with Gasteiger partial charge in [0, 0.05) is 16.9 Å². The molecule has 0 aliphatic heterocycles. The zero-order valence-electron chi connectivity index (χ0n) is 8.88. The smallest absolute Gasteiger partial charge is 0.291 e. The molecule has 0 saturated carbocycles. The topological polar surface area (TPSA) is 34.9 Å². The summed E-state index contributed by atoms with van der Waals surface area (Å²) in [6.45, 7) is 9.76. The minimum Gasteiger partial charge on any atom is -0.291 e. The summed E-state index contributed by atoms with van der Waals surface area (Å²) in [6, 6.07) is 1.92. The van der Waals surface area contributed by atoms with Gasteiger partial charge in [0.05, 0.1) is 0 Å². The predicted octanol–water partition coefficient (Wildman–Crippen LogP) is 1.62. The molecule has 0 unspecified atom stereocenters. The van der Waals surface area contributed by atoms with Crippen LogP contribution in [0.15, 0.2) is 10.9 Å². The Kier molecular flexibility index (Phi) is 2.28. The molecule has 0 N–H and O–H groups in total. The molecule has 1 aromatic heterocycles. The van der Waals surface area contributed by atoms with Gasteiger partial charge < -0.3 is 0 Å². The Morgan fingerprint density at radius 2 is 1.85 bits per heavy atom. The van der Waals surface area contributed by atoms with Crippen molar-refractivity contribution in [1.82, 2.24) is 9.55 Å². The van der Waals surface area contributed by atoms with Gasteiger partial charge in [-0.25, -0.2) is 4.79 Å². The Morgan fingerprint density at radius 1 is 1.31 bits per heavy atom. The van der Waals surface area contributed by atoms with Gasteiger partial charge in [-0.15, -0.1) is 0 Å². The van der Waals surface area contributed by atoms with Gasteiger partial charge in [-0.3, -0.25) is 4.57 Å². The van der Waals surface area contributed by atoms with E-state index >= 15 is 0 Å². The van der Waals surface area contributed by atoms with Crippen molar-refractivity contribution >= 4 is 0 Å². The maximum absolute atomic E-state index is 11.6. The van der Waals surface area contributed by atoms with Crippen LogP contribution in [0.1, 0.15) is 32.2 Å². The molecule has 1 rings (SSSR count). The summed E-state index contributed by atoms with van der Waals surface area (Å²) in [7, 11) is 0. The lowest BCUT2D eigenvalue weighted by atomic mass is 10.1. The predicted molar refractivity (Wildman–Crippen MR) is 53.0 cm³/mol. The lowest BCUT2D eigenvalue weighted by Crippen LogP contribution is -2.37. The van der Waals surface area contributed by atoms with Gasteiger partial charge in [-0.2, -0.15) is 4.98 Å². The van der Waals surface area contributed by atoms with Crippen LogP contribution in [0.3, 0.4) is 0 Å². The van der Waals surface area contributed by atoms with Crippen LogP contribution in [0.4, 0.5) is 0 Å². The van der Waals surface area contributed by atoms with Crippen LogP contribution in [0.25, 0.3) is 0 Å². The lowest BCUT2D eigenvalue weighted by Gasteiger charge is -2.24. The first-order chi connectivity index (χ1) is 5.82. The Bertz CT molecular complexity index is 371. The first-order valence-corrected chi connectivity index (χ1v) is 4.40. The van der Waals surface area contributed by atoms with Gasteiger partial charge in [0.2, 0.25) is 0 Å². The maximum Gasteiger partial charge on any atom is 0.348 e. The van der Waals surface area contributed by atoms with Gasteiger partial charge in [0.1, 0.15) is 0 Å². The molecule has 0 aliphatic carbocycles. The highest BCUT2D eigenvalue weighted by molar-refractivity contribution is 5.08. The number of aryl methyl sites for hydroxylation is 2. The van der Waals surface area contributed by atoms with E-state index in [0.29, 0.717) is 0 Å². The second-order valence-corrected chi connectivity index (χ2v) is 4.33. The summed E-state index contributed by atoms with van der Waals surface area (Å²) in [5.74, 6) is 0. The SMILES string of the molecule is Cc1cc(C)n(C(C)(C)C)c(=O)n1. The third kappa shape index (κ3) is 1.97. The Morgan fingerprint density at radius 3 is 2.23 bits per heavy atom. The zero-order chi connectivity index (χ0) is 10.2. The normalized spacial score (nSPS) is 11.8. The van der Waals surface area contributed by atoms with E-state index in [2.05, 4.69) is 4.98 Å². The molecule has 13 heavy (non-hydrogen) atoms. The number of nitrogens with zero attached hydrogens (tertiary/aromatic N) is 2. The molecule has 72 valence electrons. The highest BCUT2D eigenvalue weighted by Crippen LogP contribution is 2.13. The van der Waals surface area contributed by atoms with E-state index < -0.39 is 0 Å². The quantitative estimate of drug-likeness (QED) is 0.608. The van der Waals surface area contributed by atoms with Crippen LogP contribution in [0.2, 0.25) is 0 Å². The molecule has 0 atom stereocenters. The van der Waals surface area contributed by atoms with E-state index in [1.54, 1.807) is 4.57 Å². The maximum atomic E-state index is 11.6. The average Bonchev–Trinajstić information content (AvgIpc) is 1.78. The molecule has 0 aliphatic rings. The number of hydrogen-bond donors (Lipinski definition) is 0. The summed E-state index contributed by atoms with van der Waals surface area (Å²) < 4.78 is 1.71. The van der Waals surface area contributed by atoms with Crippen molar-refractivity contribution in [2.24, 2.45) is 0 Å². The fraction of sp³-hybridized carbons (Fsp3) is 0.600. The van der Waals surface area contributed by atoms with Crippen LogP contribution in [0.5, 0.6) is 0 Å². The van der Waals surface area contributed by atoms with Crippen molar-refractivity contribution in [3.05, 3.63) is 27.9 Å². The van der Waals surface area contributed by atoms with Crippen molar-refractivity contribution in [3.8, 4) is 0 Å². The largest absolute Gasteiger partial charge is 0.348 e. The zero-order valence-corrected chi connectivity index (χ0v) is 8.88. The minimum atomic E-state index is -0.193. The summed E-state index contributed by atoms with van der Waals surface area (Å²) in [5, 5.41) is 0. The average molecular weight is 180 g/mol. The molecule has 0 amide bonds. The number of hydrogen-bond acceptors (Lipinski definition) is 2. The molecule has 0 aromatic carbocycles. The van der Waals surface area contributed by atoms with E-state index in [1.165, 1.54) is 0 Å². The molecule has 1 aromatic rings. The van der Waals surface area contributed by atoms with E-state index in [1.807, 2.05) is 40.7 Å². The molecular formula is C10H16N2O. The van der Waals surface area contributed by atoms with Crippen molar-refractivity contribution in [1.29, 1.82) is 0 Å². The van der Waals surface area contributed by atoms with Crippen molar-refractivity contribution in [3.63, 3.8) is 0 Å². The Hall–Kier alpha value is -1.12. The Labute approximate surface area is 78.4 Å². The van der Waals surface area contributed by atoms with Gasteiger partial charge in [-0.05, 0) is 40.7 Å². The molecule has 1 heterocycles. The minimum absolute atomic E-state index is 0.162. The number of aromatic nitrogens is 2. The molecule has 0 radical (unpaired) electrons. The van der Waals surface area contributed by atoms with Gasteiger partial charge in [0.25, 0.3) is 0 Å². The molecule has 0 fully saturated rings. The molecular weight excluding hydrogens is 164 g/mol. The van der Waals surface area contributed by atoms with Crippen LogP contribution >= 0.6 is 0 Å². The molecule has 0 bridgehead atoms. The first kappa shape index (κ1) is 9.96. The molecule has 0 spiro atoms. The van der Waals surface area contributed by atoms with Crippen LogP contribution in [0, 0.1) is 13.8 Å². The van der Waals surface area contributed by atoms with Crippen LogP contribution in [-0.4, -0.2) is 9.55 Å². The van der Waals surface area contributed by atoms with Crippen LogP contribution < -0.4 is 5.69 Å².